The number of hydrogen-bond donors (Lipinski definition) is 2. The number of amides is 3. The molecule has 0 aliphatic carbocycles. The first kappa shape index (κ1) is 13.3. The van der Waals surface area contributed by atoms with Crippen molar-refractivity contribution in [3.05, 3.63) is 48.0 Å². The van der Waals surface area contributed by atoms with Crippen LogP contribution < -0.4 is 10.6 Å². The minimum atomic E-state index is -1.16. The van der Waals surface area contributed by atoms with Crippen molar-refractivity contribution in [1.29, 1.82) is 0 Å². The summed E-state index contributed by atoms with van der Waals surface area (Å²) in [6.07, 6.45) is 1.60. The lowest BCUT2D eigenvalue weighted by Gasteiger charge is -2.26. The molecular formula is C14H16N2O3. The van der Waals surface area contributed by atoms with Gasteiger partial charge in [-0.05, 0) is 12.5 Å². The number of aryl methyl sites for hydroxylation is 1. The summed E-state index contributed by atoms with van der Waals surface area (Å²) in [6.45, 7) is 5.87. The third-order valence-corrected chi connectivity index (χ3v) is 3.01. The van der Waals surface area contributed by atoms with E-state index in [2.05, 4.69) is 17.2 Å². The zero-order valence-corrected chi connectivity index (χ0v) is 10.7. The fraction of sp³-hybridized carbons (Fsp3) is 0.286. The maximum Gasteiger partial charge on any atom is 0.322 e. The van der Waals surface area contributed by atoms with Crippen LogP contribution in [0.4, 0.5) is 4.79 Å². The van der Waals surface area contributed by atoms with Crippen LogP contribution in [0.5, 0.6) is 0 Å². The highest BCUT2D eigenvalue weighted by atomic mass is 16.5. The van der Waals surface area contributed by atoms with Crippen molar-refractivity contribution in [2.24, 2.45) is 0 Å². The summed E-state index contributed by atoms with van der Waals surface area (Å²) in [5.74, 6) is -0.396. The number of carbonyl (C=O) groups excluding carboxylic acids is 2. The molecule has 19 heavy (non-hydrogen) atoms. The largest absolute Gasteiger partial charge is 0.374 e. The second kappa shape index (κ2) is 5.24. The highest BCUT2D eigenvalue weighted by molar-refractivity contribution is 6.07. The molecule has 1 saturated heterocycles. The van der Waals surface area contributed by atoms with Gasteiger partial charge in [0, 0.05) is 0 Å². The van der Waals surface area contributed by atoms with Gasteiger partial charge in [-0.1, -0.05) is 35.9 Å². The van der Waals surface area contributed by atoms with Gasteiger partial charge in [0.25, 0.3) is 5.91 Å². The Kier molecular flexibility index (Phi) is 3.66. The Morgan fingerprint density at radius 3 is 2.79 bits per heavy atom. The topological polar surface area (TPSA) is 67.4 Å². The molecule has 0 aromatic heterocycles. The van der Waals surface area contributed by atoms with Crippen LogP contribution in [0.2, 0.25) is 0 Å². The predicted molar refractivity (Wildman–Crippen MR) is 70.5 cm³/mol. The normalized spacial score (nSPS) is 21.9. The fourth-order valence-electron chi connectivity index (χ4n) is 2.09. The van der Waals surface area contributed by atoms with E-state index in [0.717, 1.165) is 5.56 Å². The van der Waals surface area contributed by atoms with E-state index in [-0.39, 0.29) is 6.61 Å². The number of rotatable bonds is 5. The van der Waals surface area contributed by atoms with E-state index in [1.54, 1.807) is 12.1 Å². The molecule has 0 spiro atoms. The SMILES string of the molecule is C=CCOCC1(c2cccc(C)c2)NC(=O)NC1=O. The molecule has 1 atom stereocenters. The van der Waals surface area contributed by atoms with Crippen molar-refractivity contribution in [2.75, 3.05) is 13.2 Å². The summed E-state index contributed by atoms with van der Waals surface area (Å²) in [5, 5.41) is 4.92. The second-order valence-electron chi connectivity index (χ2n) is 4.49. The molecule has 2 rings (SSSR count). The molecule has 1 aliphatic rings. The molecule has 1 aromatic rings. The van der Waals surface area contributed by atoms with Crippen LogP contribution in [0.15, 0.2) is 36.9 Å². The van der Waals surface area contributed by atoms with Gasteiger partial charge in [-0.2, -0.15) is 0 Å². The first-order valence-corrected chi connectivity index (χ1v) is 5.98. The lowest BCUT2D eigenvalue weighted by atomic mass is 9.90. The Labute approximate surface area is 111 Å². The summed E-state index contributed by atoms with van der Waals surface area (Å²) in [5.41, 5.74) is 0.556. The van der Waals surface area contributed by atoms with E-state index in [4.69, 9.17) is 4.74 Å². The lowest BCUT2D eigenvalue weighted by molar-refractivity contribution is -0.126. The van der Waals surface area contributed by atoms with E-state index in [0.29, 0.717) is 12.2 Å². The van der Waals surface area contributed by atoms with Crippen LogP contribution in [0, 0.1) is 6.92 Å². The number of nitrogens with one attached hydrogen (secondary N) is 2. The molecule has 1 unspecified atom stereocenters. The minimum absolute atomic E-state index is 0.0695. The fourth-order valence-corrected chi connectivity index (χ4v) is 2.09. The quantitative estimate of drug-likeness (QED) is 0.475. The van der Waals surface area contributed by atoms with Crippen LogP contribution >= 0.6 is 0 Å². The number of benzene rings is 1. The van der Waals surface area contributed by atoms with Gasteiger partial charge >= 0.3 is 6.03 Å². The van der Waals surface area contributed by atoms with Crippen LogP contribution in [0.25, 0.3) is 0 Å². The van der Waals surface area contributed by atoms with Gasteiger partial charge in [-0.3, -0.25) is 10.1 Å². The highest BCUT2D eigenvalue weighted by Gasteiger charge is 2.48. The number of imide groups is 1. The van der Waals surface area contributed by atoms with Gasteiger partial charge in [-0.15, -0.1) is 6.58 Å². The molecule has 1 aliphatic heterocycles. The number of ether oxygens (including phenoxy) is 1. The summed E-state index contributed by atoms with van der Waals surface area (Å²) in [4.78, 5) is 23.6. The Morgan fingerprint density at radius 1 is 1.42 bits per heavy atom. The minimum Gasteiger partial charge on any atom is -0.374 e. The zero-order chi connectivity index (χ0) is 13.9. The molecule has 3 amide bonds. The van der Waals surface area contributed by atoms with Crippen LogP contribution in [-0.4, -0.2) is 25.2 Å². The zero-order valence-electron chi connectivity index (χ0n) is 10.7. The molecule has 1 fully saturated rings. The number of carbonyl (C=O) groups is 2. The van der Waals surface area contributed by atoms with Crippen molar-refractivity contribution in [2.45, 2.75) is 12.5 Å². The van der Waals surface area contributed by atoms with Crippen molar-refractivity contribution in [1.82, 2.24) is 10.6 Å². The molecule has 100 valence electrons. The third-order valence-electron chi connectivity index (χ3n) is 3.01. The summed E-state index contributed by atoms with van der Waals surface area (Å²) in [7, 11) is 0. The molecule has 2 N–H and O–H groups in total. The number of urea groups is 1. The van der Waals surface area contributed by atoms with Gasteiger partial charge < -0.3 is 10.1 Å². The maximum atomic E-state index is 12.1. The van der Waals surface area contributed by atoms with E-state index >= 15 is 0 Å². The Hall–Kier alpha value is -2.14. The lowest BCUT2D eigenvalue weighted by Crippen LogP contribution is -2.48. The predicted octanol–water partition coefficient (Wildman–Crippen LogP) is 1.23. The van der Waals surface area contributed by atoms with Crippen molar-refractivity contribution in [3.8, 4) is 0 Å². The summed E-state index contributed by atoms with van der Waals surface area (Å²) >= 11 is 0. The third kappa shape index (κ3) is 2.51. The van der Waals surface area contributed by atoms with E-state index < -0.39 is 17.5 Å². The monoisotopic (exact) mass is 260 g/mol. The van der Waals surface area contributed by atoms with Gasteiger partial charge in [0.2, 0.25) is 0 Å². The van der Waals surface area contributed by atoms with Crippen LogP contribution in [0.1, 0.15) is 11.1 Å². The second-order valence-corrected chi connectivity index (χ2v) is 4.49. The first-order chi connectivity index (χ1) is 9.08. The first-order valence-electron chi connectivity index (χ1n) is 5.98. The molecule has 5 heteroatoms. The molecule has 0 saturated carbocycles. The summed E-state index contributed by atoms with van der Waals surface area (Å²) in [6, 6.07) is 6.93. The van der Waals surface area contributed by atoms with Gasteiger partial charge in [-0.25, -0.2) is 4.79 Å². The molecule has 5 nitrogen and oxygen atoms in total. The molecule has 1 heterocycles. The van der Waals surface area contributed by atoms with Gasteiger partial charge in [0.15, 0.2) is 5.54 Å². The number of hydrogen-bond acceptors (Lipinski definition) is 3. The maximum absolute atomic E-state index is 12.1. The molecule has 1 aromatic carbocycles. The molecule has 0 radical (unpaired) electrons. The van der Waals surface area contributed by atoms with Crippen molar-refractivity contribution < 1.29 is 14.3 Å². The molecule has 0 bridgehead atoms. The van der Waals surface area contributed by atoms with Crippen molar-refractivity contribution in [3.63, 3.8) is 0 Å². The van der Waals surface area contributed by atoms with Crippen LogP contribution in [-0.2, 0) is 15.1 Å². The summed E-state index contributed by atoms with van der Waals surface area (Å²) < 4.78 is 5.39. The van der Waals surface area contributed by atoms with E-state index in [1.165, 1.54) is 0 Å². The highest BCUT2D eigenvalue weighted by Crippen LogP contribution is 2.26. The smallest absolute Gasteiger partial charge is 0.322 e. The Balaban J connectivity index is 2.36. The van der Waals surface area contributed by atoms with Gasteiger partial charge in [0.05, 0.1) is 13.2 Å². The Morgan fingerprint density at radius 2 is 2.21 bits per heavy atom. The molecular weight excluding hydrogens is 244 g/mol. The van der Waals surface area contributed by atoms with Crippen LogP contribution in [0.3, 0.4) is 0 Å². The average molecular weight is 260 g/mol. The van der Waals surface area contributed by atoms with E-state index in [1.807, 2.05) is 25.1 Å². The average Bonchev–Trinajstić information content (AvgIpc) is 2.65. The Bertz CT molecular complexity index is 527. The van der Waals surface area contributed by atoms with Crippen molar-refractivity contribution >= 4 is 11.9 Å². The standard InChI is InChI=1S/C14H16N2O3/c1-3-7-19-9-14(12(17)15-13(18)16-14)11-6-4-5-10(2)8-11/h3-6,8H,1,7,9H2,2H3,(H2,15,16,17,18). The van der Waals surface area contributed by atoms with Gasteiger partial charge in [0.1, 0.15) is 0 Å². The van der Waals surface area contributed by atoms with E-state index in [9.17, 15) is 9.59 Å².